The number of ether oxygens (including phenoxy) is 2. The molecule has 5 nitrogen and oxygen atoms in total. The van der Waals surface area contributed by atoms with E-state index in [-0.39, 0.29) is 12.0 Å². The second-order valence-corrected chi connectivity index (χ2v) is 8.73. The number of hydrogen-bond acceptors (Lipinski definition) is 6. The van der Waals surface area contributed by atoms with Crippen LogP contribution in [0.3, 0.4) is 0 Å². The van der Waals surface area contributed by atoms with Gasteiger partial charge in [0.2, 0.25) is 5.91 Å². The van der Waals surface area contributed by atoms with Gasteiger partial charge in [0.15, 0.2) is 0 Å². The molecule has 0 bridgehead atoms. The fourth-order valence-corrected chi connectivity index (χ4v) is 4.99. The number of methoxy groups -OCH3 is 1. The first-order valence-corrected chi connectivity index (χ1v) is 11.5. The molecule has 0 aliphatic carbocycles. The van der Waals surface area contributed by atoms with Gasteiger partial charge in [-0.3, -0.25) is 4.79 Å². The fourth-order valence-electron chi connectivity index (χ4n) is 3.45. The normalized spacial score (nSPS) is 16.1. The van der Waals surface area contributed by atoms with Crippen molar-refractivity contribution < 1.29 is 14.3 Å². The molecule has 29 heavy (non-hydrogen) atoms. The van der Waals surface area contributed by atoms with E-state index < -0.39 is 0 Å². The number of aromatic nitrogens is 1. The summed E-state index contributed by atoms with van der Waals surface area (Å²) in [7, 11) is 1.65. The molecule has 152 valence electrons. The number of carbonyl (C=O) groups excluding carboxylic acids is 1. The molecule has 0 radical (unpaired) electrons. The number of amides is 1. The third kappa shape index (κ3) is 5.23. The van der Waals surface area contributed by atoms with Crippen LogP contribution in [0.1, 0.15) is 24.1 Å². The van der Waals surface area contributed by atoms with Gasteiger partial charge < -0.3 is 14.4 Å². The number of nitrogens with zero attached hydrogens (tertiary/aromatic N) is 2. The van der Waals surface area contributed by atoms with Crippen molar-refractivity contribution in [1.82, 2.24) is 9.88 Å². The number of carbonyl (C=O) groups is 1. The summed E-state index contributed by atoms with van der Waals surface area (Å²) in [5.74, 6) is 0.873. The van der Waals surface area contributed by atoms with E-state index in [0.29, 0.717) is 19.5 Å². The van der Waals surface area contributed by atoms with Crippen molar-refractivity contribution in [2.45, 2.75) is 31.9 Å². The third-order valence-corrected chi connectivity index (χ3v) is 6.58. The molecule has 0 saturated carbocycles. The quantitative estimate of drug-likeness (QED) is 0.525. The molecule has 1 unspecified atom stereocenters. The molecule has 0 N–H and O–H groups in total. The van der Waals surface area contributed by atoms with E-state index in [9.17, 15) is 4.79 Å². The van der Waals surface area contributed by atoms with Crippen molar-refractivity contribution in [2.75, 3.05) is 20.3 Å². The number of thiophene rings is 1. The lowest BCUT2D eigenvalue weighted by molar-refractivity contribution is -0.132. The largest absolute Gasteiger partial charge is 0.497 e. The molecule has 1 atom stereocenters. The van der Waals surface area contributed by atoms with Crippen LogP contribution in [-0.4, -0.2) is 42.2 Å². The van der Waals surface area contributed by atoms with E-state index in [1.165, 1.54) is 0 Å². The smallest absolute Gasteiger partial charge is 0.229 e. The molecule has 2 aromatic heterocycles. The van der Waals surface area contributed by atoms with Crippen molar-refractivity contribution in [2.24, 2.45) is 0 Å². The predicted octanol–water partition coefficient (Wildman–Crippen LogP) is 4.63. The van der Waals surface area contributed by atoms with Crippen LogP contribution in [-0.2, 0) is 22.5 Å². The first-order chi connectivity index (χ1) is 14.2. The predicted molar refractivity (Wildman–Crippen MR) is 117 cm³/mol. The van der Waals surface area contributed by atoms with Crippen molar-refractivity contribution in [1.29, 1.82) is 0 Å². The monoisotopic (exact) mass is 428 g/mol. The topological polar surface area (TPSA) is 51.7 Å². The molecule has 4 rings (SSSR count). The summed E-state index contributed by atoms with van der Waals surface area (Å²) in [6.45, 7) is 1.93. The van der Waals surface area contributed by atoms with E-state index in [1.54, 1.807) is 29.8 Å². The first kappa shape index (κ1) is 20.1. The van der Waals surface area contributed by atoms with E-state index in [0.717, 1.165) is 47.0 Å². The maximum Gasteiger partial charge on any atom is 0.229 e. The lowest BCUT2D eigenvalue weighted by atomic mass is 10.1. The summed E-state index contributed by atoms with van der Waals surface area (Å²) in [6.07, 6.45) is 2.47. The van der Waals surface area contributed by atoms with Gasteiger partial charge in [-0.2, -0.15) is 11.3 Å². The van der Waals surface area contributed by atoms with Crippen molar-refractivity contribution >= 4 is 28.6 Å². The summed E-state index contributed by atoms with van der Waals surface area (Å²) in [6, 6.07) is 9.93. The standard InChI is InChI=1S/C22H24N2O3S2/c1-26-19-5-2-4-16(10-19)12-24(13-20-6-3-8-27-20)21(25)11-18-15-29-22(23-18)17-7-9-28-14-17/h2,4-5,7,9-10,14-15,20H,3,6,8,11-13H2,1H3. The van der Waals surface area contributed by atoms with Crippen molar-refractivity contribution in [3.63, 3.8) is 0 Å². The molecular weight excluding hydrogens is 404 g/mol. The minimum absolute atomic E-state index is 0.0745. The van der Waals surface area contributed by atoms with Crippen LogP contribution in [0.4, 0.5) is 0 Å². The zero-order valence-corrected chi connectivity index (χ0v) is 18.0. The van der Waals surface area contributed by atoms with Gasteiger partial charge >= 0.3 is 0 Å². The Hall–Kier alpha value is -2.22. The Morgan fingerprint density at radius 3 is 3.03 bits per heavy atom. The van der Waals surface area contributed by atoms with Crippen LogP contribution >= 0.6 is 22.7 Å². The molecule has 1 aliphatic heterocycles. The molecule has 7 heteroatoms. The van der Waals surface area contributed by atoms with Gasteiger partial charge in [0.1, 0.15) is 10.8 Å². The summed E-state index contributed by atoms with van der Waals surface area (Å²) < 4.78 is 11.1. The molecule has 3 heterocycles. The first-order valence-electron chi connectivity index (χ1n) is 9.70. The van der Waals surface area contributed by atoms with Crippen LogP contribution in [0.15, 0.2) is 46.5 Å². The van der Waals surface area contributed by atoms with Crippen molar-refractivity contribution in [3.05, 3.63) is 57.7 Å². The van der Waals surface area contributed by atoms with Gasteiger partial charge in [0.25, 0.3) is 0 Å². The van der Waals surface area contributed by atoms with Gasteiger partial charge in [-0.05, 0) is 42.0 Å². The Morgan fingerprint density at radius 2 is 2.28 bits per heavy atom. The van der Waals surface area contributed by atoms with E-state index in [4.69, 9.17) is 9.47 Å². The Bertz CT molecular complexity index is 933. The minimum Gasteiger partial charge on any atom is -0.497 e. The Morgan fingerprint density at radius 1 is 1.34 bits per heavy atom. The average Bonchev–Trinajstić information content (AvgIpc) is 3.50. The average molecular weight is 429 g/mol. The zero-order chi connectivity index (χ0) is 20.1. The highest BCUT2D eigenvalue weighted by Crippen LogP contribution is 2.26. The second kappa shape index (κ2) is 9.52. The molecular formula is C22H24N2O3S2. The van der Waals surface area contributed by atoms with Crippen LogP contribution in [0.2, 0.25) is 0 Å². The van der Waals surface area contributed by atoms with E-state index >= 15 is 0 Å². The Kier molecular flexibility index (Phi) is 6.59. The van der Waals surface area contributed by atoms with Gasteiger partial charge in [-0.1, -0.05) is 12.1 Å². The minimum atomic E-state index is 0.0745. The second-order valence-electron chi connectivity index (χ2n) is 7.09. The maximum absolute atomic E-state index is 13.2. The van der Waals surface area contributed by atoms with Gasteiger partial charge in [0.05, 0.1) is 25.3 Å². The third-order valence-electron chi connectivity index (χ3n) is 4.96. The number of hydrogen-bond donors (Lipinski definition) is 0. The zero-order valence-electron chi connectivity index (χ0n) is 16.4. The summed E-state index contributed by atoms with van der Waals surface area (Å²) in [5.41, 5.74) is 2.99. The summed E-state index contributed by atoms with van der Waals surface area (Å²) in [5, 5.41) is 7.07. The lowest BCUT2D eigenvalue weighted by Gasteiger charge is -2.25. The van der Waals surface area contributed by atoms with Crippen LogP contribution < -0.4 is 4.74 Å². The lowest BCUT2D eigenvalue weighted by Crippen LogP contribution is -2.37. The summed E-state index contributed by atoms with van der Waals surface area (Å²) >= 11 is 3.24. The fraction of sp³-hybridized carbons (Fsp3) is 0.364. The molecule has 1 fully saturated rings. The molecule has 0 spiro atoms. The van der Waals surface area contributed by atoms with Crippen LogP contribution in [0.5, 0.6) is 5.75 Å². The molecule has 1 amide bonds. The number of rotatable bonds is 8. The number of benzene rings is 1. The van der Waals surface area contributed by atoms with Gasteiger partial charge in [-0.25, -0.2) is 4.98 Å². The van der Waals surface area contributed by atoms with E-state index in [2.05, 4.69) is 16.4 Å². The Balaban J connectivity index is 1.47. The molecule has 1 aromatic carbocycles. The highest BCUT2D eigenvalue weighted by Gasteiger charge is 2.23. The van der Waals surface area contributed by atoms with Crippen LogP contribution in [0, 0.1) is 0 Å². The highest BCUT2D eigenvalue weighted by molar-refractivity contribution is 7.14. The maximum atomic E-state index is 13.2. The van der Waals surface area contributed by atoms with Crippen LogP contribution in [0.25, 0.3) is 10.6 Å². The van der Waals surface area contributed by atoms with Crippen molar-refractivity contribution in [3.8, 4) is 16.3 Å². The summed E-state index contributed by atoms with van der Waals surface area (Å²) in [4.78, 5) is 19.7. The van der Waals surface area contributed by atoms with E-state index in [1.807, 2.05) is 39.9 Å². The highest BCUT2D eigenvalue weighted by atomic mass is 32.1. The SMILES string of the molecule is COc1cccc(CN(CC2CCCO2)C(=O)Cc2csc(-c3ccsc3)n2)c1. The van der Waals surface area contributed by atoms with Gasteiger partial charge in [0, 0.05) is 36.0 Å². The molecule has 1 saturated heterocycles. The Labute approximate surface area is 178 Å². The molecule has 3 aromatic rings. The van der Waals surface area contributed by atoms with Gasteiger partial charge in [-0.15, -0.1) is 11.3 Å². The molecule has 1 aliphatic rings. The number of thiazole rings is 1.